The Morgan fingerprint density at radius 2 is 0.725 bits per heavy atom. The van der Waals surface area contributed by atoms with Gasteiger partial charge in [0.1, 0.15) is 11.5 Å². The van der Waals surface area contributed by atoms with Crippen molar-refractivity contribution in [3.05, 3.63) is 178 Å². The normalized spacial score (nSPS) is 11.1. The number of phenolic OH excluding ortho intramolecular Hbond substituents is 2. The molecule has 40 heavy (non-hydrogen) atoms. The van der Waals surface area contributed by atoms with Crippen molar-refractivity contribution in [3.63, 3.8) is 0 Å². The van der Waals surface area contributed by atoms with Gasteiger partial charge in [0.05, 0.1) is 0 Å². The largest absolute Gasteiger partial charge is 0.508 e. The van der Waals surface area contributed by atoms with E-state index in [0.29, 0.717) is 0 Å². The number of aromatic hydroxyl groups is 2. The maximum absolute atomic E-state index is 9.86. The van der Waals surface area contributed by atoms with Crippen LogP contribution in [0.5, 0.6) is 11.5 Å². The van der Waals surface area contributed by atoms with Crippen LogP contribution in [0, 0.1) is 0 Å². The zero-order valence-electron chi connectivity index (χ0n) is 22.4. The monoisotopic (exact) mass is 520 g/mol. The third-order valence-corrected chi connectivity index (χ3v) is 7.50. The molecule has 2 nitrogen and oxygen atoms in total. The maximum Gasteiger partial charge on any atom is 0.115 e. The predicted molar refractivity (Wildman–Crippen MR) is 164 cm³/mol. The highest BCUT2D eigenvalue weighted by molar-refractivity contribution is 5.91. The molecule has 0 heterocycles. The summed E-state index contributed by atoms with van der Waals surface area (Å²) in [5, 5.41) is 22.3. The zero-order valence-corrected chi connectivity index (χ0v) is 22.4. The first-order valence-corrected chi connectivity index (χ1v) is 13.8. The predicted octanol–water partition coefficient (Wildman–Crippen LogP) is 8.61. The van der Waals surface area contributed by atoms with Gasteiger partial charge in [-0.1, -0.05) is 109 Å². The Bertz CT molecular complexity index is 1590. The van der Waals surface area contributed by atoms with E-state index < -0.39 is 0 Å². The van der Waals surface area contributed by atoms with Crippen molar-refractivity contribution in [2.45, 2.75) is 25.7 Å². The van der Waals surface area contributed by atoms with E-state index in [2.05, 4.69) is 84.9 Å². The first kappa shape index (κ1) is 25.5. The van der Waals surface area contributed by atoms with Crippen LogP contribution in [0.3, 0.4) is 0 Å². The molecule has 196 valence electrons. The quantitative estimate of drug-likeness (QED) is 0.211. The molecule has 0 unspecified atom stereocenters. The summed E-state index contributed by atoms with van der Waals surface area (Å²) in [6, 6.07) is 45.8. The molecule has 0 saturated carbocycles. The van der Waals surface area contributed by atoms with Gasteiger partial charge < -0.3 is 10.2 Å². The zero-order chi connectivity index (χ0) is 27.3. The number of phenols is 2. The molecule has 0 saturated heterocycles. The van der Waals surface area contributed by atoms with Crippen LogP contribution in [0.2, 0.25) is 0 Å². The van der Waals surface area contributed by atoms with Crippen molar-refractivity contribution in [2.75, 3.05) is 0 Å². The van der Waals surface area contributed by atoms with Crippen molar-refractivity contribution in [3.8, 4) is 11.5 Å². The van der Waals surface area contributed by atoms with Crippen LogP contribution >= 0.6 is 0 Å². The summed E-state index contributed by atoms with van der Waals surface area (Å²) in [6.45, 7) is 0. The fourth-order valence-corrected chi connectivity index (χ4v) is 5.65. The van der Waals surface area contributed by atoms with E-state index in [9.17, 15) is 10.2 Å². The molecular formula is C38H32O2. The van der Waals surface area contributed by atoms with E-state index in [1.54, 1.807) is 24.3 Å². The molecule has 0 atom stereocenters. The fraction of sp³-hybridized carbons (Fsp3) is 0.105. The molecule has 0 bridgehead atoms. The van der Waals surface area contributed by atoms with Gasteiger partial charge in [-0.15, -0.1) is 0 Å². The third-order valence-electron chi connectivity index (χ3n) is 7.50. The van der Waals surface area contributed by atoms with E-state index in [4.69, 9.17) is 0 Å². The number of rotatable bonds is 8. The molecule has 0 aromatic heterocycles. The second-order valence-corrected chi connectivity index (χ2v) is 10.6. The Labute approximate surface area is 235 Å². The van der Waals surface area contributed by atoms with Gasteiger partial charge in [-0.25, -0.2) is 0 Å². The molecule has 6 aromatic carbocycles. The summed E-state index contributed by atoms with van der Waals surface area (Å²) in [5.41, 5.74) is 10.1. The summed E-state index contributed by atoms with van der Waals surface area (Å²) in [6.07, 6.45) is 3.30. The van der Waals surface area contributed by atoms with Gasteiger partial charge in [-0.3, -0.25) is 0 Å². The Hall–Kier alpha value is -4.82. The van der Waals surface area contributed by atoms with Crippen LogP contribution < -0.4 is 0 Å². The number of fused-ring (bicyclic) bond motifs is 1. The van der Waals surface area contributed by atoms with Crippen LogP contribution in [0.15, 0.2) is 133 Å². The molecule has 6 aromatic rings. The lowest BCUT2D eigenvalue weighted by molar-refractivity contribution is 0.474. The van der Waals surface area contributed by atoms with Gasteiger partial charge in [0.15, 0.2) is 0 Å². The van der Waals surface area contributed by atoms with Crippen molar-refractivity contribution in [2.24, 2.45) is 0 Å². The van der Waals surface area contributed by atoms with Crippen molar-refractivity contribution < 1.29 is 10.2 Å². The van der Waals surface area contributed by atoms with E-state index in [1.807, 2.05) is 24.3 Å². The SMILES string of the molecule is Oc1ccc(Cc2cc(Cc3ccccc3)cc3cc(Cc4ccccc4)cc(Cc4ccc(O)cc4)c23)cc1. The van der Waals surface area contributed by atoms with Gasteiger partial charge in [0.2, 0.25) is 0 Å². The Morgan fingerprint density at radius 3 is 1.12 bits per heavy atom. The highest BCUT2D eigenvalue weighted by Gasteiger charge is 2.14. The molecule has 0 aliphatic carbocycles. The van der Waals surface area contributed by atoms with E-state index >= 15 is 0 Å². The highest BCUT2D eigenvalue weighted by Crippen LogP contribution is 2.32. The minimum atomic E-state index is 0.282. The van der Waals surface area contributed by atoms with E-state index in [0.717, 1.165) is 25.7 Å². The lowest BCUT2D eigenvalue weighted by Crippen LogP contribution is -2.01. The number of hydrogen-bond donors (Lipinski definition) is 2. The fourth-order valence-electron chi connectivity index (χ4n) is 5.65. The minimum absolute atomic E-state index is 0.282. The summed E-state index contributed by atoms with van der Waals surface area (Å²) in [4.78, 5) is 0. The molecule has 0 fully saturated rings. The Balaban J connectivity index is 1.51. The summed E-state index contributed by atoms with van der Waals surface area (Å²) >= 11 is 0. The second-order valence-electron chi connectivity index (χ2n) is 10.6. The molecular weight excluding hydrogens is 488 g/mol. The van der Waals surface area contributed by atoms with E-state index in [-0.39, 0.29) is 11.5 Å². The standard InChI is InChI=1S/C38H32O2/c39-36-15-11-29(12-16-36)21-33-23-31(19-27-7-3-1-4-8-27)25-35-26-32(20-28-9-5-2-6-10-28)24-34(38(33)35)22-30-13-17-37(40)18-14-30/h1-18,23-26,39-40H,19-22H2. The van der Waals surface area contributed by atoms with Gasteiger partial charge in [0.25, 0.3) is 0 Å². The second kappa shape index (κ2) is 11.5. The molecule has 6 rings (SSSR count). The van der Waals surface area contributed by atoms with Crippen LogP contribution in [0.4, 0.5) is 0 Å². The summed E-state index contributed by atoms with van der Waals surface area (Å²) < 4.78 is 0. The number of benzene rings is 6. The molecule has 2 N–H and O–H groups in total. The van der Waals surface area contributed by atoms with Crippen molar-refractivity contribution in [1.29, 1.82) is 0 Å². The topological polar surface area (TPSA) is 40.5 Å². The molecule has 0 aliphatic heterocycles. The Kier molecular flexibility index (Phi) is 7.32. The molecule has 0 aliphatic rings. The Morgan fingerprint density at radius 1 is 0.350 bits per heavy atom. The average molecular weight is 521 g/mol. The van der Waals surface area contributed by atoms with E-state index in [1.165, 1.54) is 55.3 Å². The van der Waals surface area contributed by atoms with Crippen LogP contribution in [-0.4, -0.2) is 10.2 Å². The van der Waals surface area contributed by atoms with Gasteiger partial charge in [-0.05, 0) is 105 Å². The molecule has 2 heteroatoms. The van der Waals surface area contributed by atoms with Crippen LogP contribution in [-0.2, 0) is 25.7 Å². The minimum Gasteiger partial charge on any atom is -0.508 e. The molecule has 0 spiro atoms. The van der Waals surface area contributed by atoms with Crippen molar-refractivity contribution >= 4 is 10.8 Å². The average Bonchev–Trinajstić information content (AvgIpc) is 2.96. The lowest BCUT2D eigenvalue weighted by atomic mass is 9.87. The van der Waals surface area contributed by atoms with Gasteiger partial charge in [-0.2, -0.15) is 0 Å². The molecule has 0 radical (unpaired) electrons. The summed E-state index contributed by atoms with van der Waals surface area (Å²) in [5.74, 6) is 0.565. The van der Waals surface area contributed by atoms with Crippen molar-refractivity contribution in [1.82, 2.24) is 0 Å². The highest BCUT2D eigenvalue weighted by atomic mass is 16.3. The maximum atomic E-state index is 9.86. The van der Waals surface area contributed by atoms with Crippen LogP contribution in [0.1, 0.15) is 44.5 Å². The first-order chi connectivity index (χ1) is 19.6. The summed E-state index contributed by atoms with van der Waals surface area (Å²) in [7, 11) is 0. The number of hydrogen-bond acceptors (Lipinski definition) is 2. The smallest absolute Gasteiger partial charge is 0.115 e. The first-order valence-electron chi connectivity index (χ1n) is 13.8. The van der Waals surface area contributed by atoms with Gasteiger partial charge >= 0.3 is 0 Å². The van der Waals surface area contributed by atoms with Gasteiger partial charge in [0, 0.05) is 0 Å². The third kappa shape index (κ3) is 6.08. The molecule has 0 amide bonds. The van der Waals surface area contributed by atoms with Crippen LogP contribution in [0.25, 0.3) is 10.8 Å². The lowest BCUT2D eigenvalue weighted by Gasteiger charge is -2.17.